The first-order valence-electron chi connectivity index (χ1n) is 10.8. The van der Waals surface area contributed by atoms with Gasteiger partial charge in [0.2, 0.25) is 4.77 Å². The molecule has 8 heteroatoms. The maximum Gasteiger partial charge on any atom is 0.204 e. The number of rotatable bonds is 8. The Balaban J connectivity index is 1.69. The summed E-state index contributed by atoms with van der Waals surface area (Å²) in [4.78, 5) is 2.08. The fourth-order valence-electron chi connectivity index (χ4n) is 3.81. The first kappa shape index (κ1) is 23.7. The van der Waals surface area contributed by atoms with Gasteiger partial charge in [0.15, 0.2) is 17.3 Å². The molecule has 0 radical (unpaired) electrons. The fraction of sp³-hybridized carbons (Fsp3) is 0.231. The van der Waals surface area contributed by atoms with Gasteiger partial charge in [0.1, 0.15) is 5.82 Å². The van der Waals surface area contributed by atoms with Gasteiger partial charge in [-0.2, -0.15) is 0 Å². The highest BCUT2D eigenvalue weighted by molar-refractivity contribution is 7.71. The lowest BCUT2D eigenvalue weighted by molar-refractivity contribution is 0.243. The zero-order chi connectivity index (χ0) is 24.2. The predicted octanol–water partition coefficient (Wildman–Crippen LogP) is 5.62. The Hall–Kier alpha value is -3.49. The third-order valence-corrected chi connectivity index (χ3v) is 5.92. The molecule has 3 aromatic carbocycles. The summed E-state index contributed by atoms with van der Waals surface area (Å²) in [5.41, 5.74) is 3.42. The van der Waals surface area contributed by atoms with Crippen molar-refractivity contribution < 1.29 is 13.9 Å². The van der Waals surface area contributed by atoms with E-state index in [1.165, 1.54) is 6.07 Å². The highest BCUT2D eigenvalue weighted by Crippen LogP contribution is 2.28. The number of benzene rings is 3. The average molecular weight is 479 g/mol. The number of ether oxygens (including phenoxy) is 2. The molecule has 0 atom stereocenters. The second-order valence-electron chi connectivity index (χ2n) is 8.10. The molecule has 0 amide bonds. The Kier molecular flexibility index (Phi) is 7.09. The lowest BCUT2D eigenvalue weighted by Gasteiger charge is -2.17. The van der Waals surface area contributed by atoms with Crippen LogP contribution in [-0.4, -0.2) is 40.5 Å². The summed E-state index contributed by atoms with van der Waals surface area (Å²) >= 11 is 5.80. The molecule has 6 nitrogen and oxygen atoms in total. The quantitative estimate of drug-likeness (QED) is 0.307. The lowest BCUT2D eigenvalue weighted by Crippen LogP contribution is -2.22. The summed E-state index contributed by atoms with van der Waals surface area (Å²) < 4.78 is 29.5. The van der Waals surface area contributed by atoms with E-state index in [1.807, 2.05) is 61.0 Å². The Morgan fingerprint density at radius 1 is 0.971 bits per heavy atom. The molecule has 4 rings (SSSR count). The minimum Gasteiger partial charge on any atom is -0.493 e. The molecule has 0 aliphatic heterocycles. The van der Waals surface area contributed by atoms with E-state index in [4.69, 9.17) is 26.8 Å². The number of hydrogen-bond acceptors (Lipinski definition) is 5. The SMILES string of the molecule is COc1ccc(CN(C)Cn2nc(-c3ccccc3F)n(-c3ccc(C)cc3)c2=S)cc1OC. The van der Waals surface area contributed by atoms with Crippen molar-refractivity contribution in [2.75, 3.05) is 21.3 Å². The van der Waals surface area contributed by atoms with Gasteiger partial charge < -0.3 is 9.47 Å². The molecule has 0 bridgehead atoms. The highest BCUT2D eigenvalue weighted by atomic mass is 32.1. The van der Waals surface area contributed by atoms with Crippen molar-refractivity contribution in [2.24, 2.45) is 0 Å². The second-order valence-corrected chi connectivity index (χ2v) is 8.47. The van der Waals surface area contributed by atoms with E-state index >= 15 is 0 Å². The van der Waals surface area contributed by atoms with Crippen molar-refractivity contribution in [1.29, 1.82) is 0 Å². The minimum atomic E-state index is -0.346. The van der Waals surface area contributed by atoms with Crippen LogP contribution in [0.5, 0.6) is 11.5 Å². The van der Waals surface area contributed by atoms with E-state index in [-0.39, 0.29) is 5.82 Å². The second kappa shape index (κ2) is 10.2. The molecule has 0 aliphatic rings. The maximum atomic E-state index is 14.7. The third-order valence-electron chi connectivity index (χ3n) is 5.52. The summed E-state index contributed by atoms with van der Waals surface area (Å²) in [7, 11) is 5.21. The molecule has 0 N–H and O–H groups in total. The van der Waals surface area contributed by atoms with Crippen LogP contribution in [0.3, 0.4) is 0 Å². The lowest BCUT2D eigenvalue weighted by atomic mass is 10.2. The van der Waals surface area contributed by atoms with Gasteiger partial charge in [-0.3, -0.25) is 9.47 Å². The van der Waals surface area contributed by atoms with Crippen molar-refractivity contribution >= 4 is 12.2 Å². The predicted molar refractivity (Wildman–Crippen MR) is 134 cm³/mol. The Bertz CT molecular complexity index is 1350. The van der Waals surface area contributed by atoms with E-state index in [9.17, 15) is 4.39 Å². The van der Waals surface area contributed by atoms with Crippen LogP contribution in [0.15, 0.2) is 66.7 Å². The summed E-state index contributed by atoms with van der Waals surface area (Å²) in [5, 5.41) is 4.73. The molecular formula is C26H27FN4O2S. The van der Waals surface area contributed by atoms with Crippen molar-refractivity contribution in [2.45, 2.75) is 20.1 Å². The largest absolute Gasteiger partial charge is 0.493 e. The molecule has 0 unspecified atom stereocenters. The Morgan fingerprint density at radius 3 is 2.35 bits per heavy atom. The van der Waals surface area contributed by atoms with Gasteiger partial charge in [-0.25, -0.2) is 9.07 Å². The van der Waals surface area contributed by atoms with Gasteiger partial charge in [-0.15, -0.1) is 5.10 Å². The van der Waals surface area contributed by atoms with Crippen LogP contribution >= 0.6 is 12.2 Å². The molecule has 0 spiro atoms. The summed E-state index contributed by atoms with van der Waals surface area (Å²) in [6.45, 7) is 3.08. The zero-order valence-electron chi connectivity index (χ0n) is 19.7. The van der Waals surface area contributed by atoms with Crippen LogP contribution in [0.4, 0.5) is 4.39 Å². The smallest absolute Gasteiger partial charge is 0.204 e. The van der Waals surface area contributed by atoms with Crippen LogP contribution in [0.2, 0.25) is 0 Å². The van der Waals surface area contributed by atoms with Crippen molar-refractivity contribution in [1.82, 2.24) is 19.2 Å². The molecular weight excluding hydrogens is 451 g/mol. The van der Waals surface area contributed by atoms with Crippen LogP contribution in [-0.2, 0) is 13.2 Å². The number of aromatic nitrogens is 3. The van der Waals surface area contributed by atoms with E-state index in [2.05, 4.69) is 4.90 Å². The van der Waals surface area contributed by atoms with Crippen molar-refractivity contribution in [3.05, 3.63) is 88.4 Å². The Labute approximate surface area is 203 Å². The molecule has 34 heavy (non-hydrogen) atoms. The summed E-state index contributed by atoms with van der Waals surface area (Å²) in [5.74, 6) is 1.48. The van der Waals surface area contributed by atoms with Gasteiger partial charge in [-0.05, 0) is 68.2 Å². The first-order chi connectivity index (χ1) is 16.4. The van der Waals surface area contributed by atoms with E-state index < -0.39 is 0 Å². The van der Waals surface area contributed by atoms with Crippen molar-refractivity contribution in [3.63, 3.8) is 0 Å². The van der Waals surface area contributed by atoms with Crippen LogP contribution in [0, 0.1) is 17.5 Å². The molecule has 0 saturated carbocycles. The summed E-state index contributed by atoms with van der Waals surface area (Å²) in [6.07, 6.45) is 0. The normalized spacial score (nSPS) is 11.1. The minimum absolute atomic E-state index is 0.346. The van der Waals surface area contributed by atoms with Crippen LogP contribution in [0.25, 0.3) is 17.1 Å². The number of nitrogens with zero attached hydrogens (tertiary/aromatic N) is 4. The van der Waals surface area contributed by atoms with Gasteiger partial charge in [-0.1, -0.05) is 35.9 Å². The topological polar surface area (TPSA) is 44.5 Å². The number of hydrogen-bond donors (Lipinski definition) is 0. The average Bonchev–Trinajstić information content (AvgIpc) is 3.15. The van der Waals surface area contributed by atoms with Gasteiger partial charge in [0.25, 0.3) is 0 Å². The molecule has 1 aromatic heterocycles. The van der Waals surface area contributed by atoms with Crippen LogP contribution in [0.1, 0.15) is 11.1 Å². The molecule has 0 aliphatic carbocycles. The van der Waals surface area contributed by atoms with Crippen molar-refractivity contribution in [3.8, 4) is 28.6 Å². The van der Waals surface area contributed by atoms with E-state index in [0.29, 0.717) is 40.9 Å². The standard InChI is InChI=1S/C26H27FN4O2S/c1-18-9-12-20(13-10-18)31-25(21-7-5-6-8-22(21)27)28-30(26(31)34)17-29(2)16-19-11-14-23(32-3)24(15-19)33-4/h5-15H,16-17H2,1-4H3. The zero-order valence-corrected chi connectivity index (χ0v) is 20.5. The van der Waals surface area contributed by atoms with E-state index in [1.54, 1.807) is 37.1 Å². The monoisotopic (exact) mass is 478 g/mol. The van der Waals surface area contributed by atoms with E-state index in [0.717, 1.165) is 16.8 Å². The summed E-state index contributed by atoms with van der Waals surface area (Å²) in [6, 6.07) is 20.4. The molecule has 0 saturated heterocycles. The molecule has 1 heterocycles. The molecule has 0 fully saturated rings. The van der Waals surface area contributed by atoms with Crippen LogP contribution < -0.4 is 9.47 Å². The first-order valence-corrected chi connectivity index (χ1v) is 11.2. The maximum absolute atomic E-state index is 14.7. The van der Waals surface area contributed by atoms with Gasteiger partial charge in [0.05, 0.1) is 26.5 Å². The number of halogens is 1. The fourth-order valence-corrected chi connectivity index (χ4v) is 4.10. The molecule has 4 aromatic rings. The van der Waals surface area contributed by atoms with Gasteiger partial charge >= 0.3 is 0 Å². The van der Waals surface area contributed by atoms with Gasteiger partial charge in [0, 0.05) is 12.2 Å². The molecule has 176 valence electrons. The third kappa shape index (κ3) is 4.88. The Morgan fingerprint density at radius 2 is 1.68 bits per heavy atom. The highest BCUT2D eigenvalue weighted by Gasteiger charge is 2.18. The number of aryl methyl sites for hydroxylation is 1. The number of methoxy groups -OCH3 is 2.